The average molecular weight is 245 g/mol. The highest BCUT2D eigenvalue weighted by Crippen LogP contribution is 2.23. The maximum atomic E-state index is 11.6. The Bertz CT molecular complexity index is 505. The molecule has 0 unspecified atom stereocenters. The van der Waals surface area contributed by atoms with Crippen LogP contribution in [0.1, 0.15) is 0 Å². The van der Waals surface area contributed by atoms with Gasteiger partial charge >= 0.3 is 0 Å². The molecule has 15 heavy (non-hydrogen) atoms. The van der Waals surface area contributed by atoms with E-state index in [9.17, 15) is 8.42 Å². The molecule has 0 aliphatic carbocycles. The molecular weight excluding hydrogens is 236 g/mol. The van der Waals surface area contributed by atoms with Gasteiger partial charge in [-0.25, -0.2) is 8.42 Å². The topological polar surface area (TPSA) is 72.2 Å². The molecule has 0 bridgehead atoms. The standard InChI is InChI=1S/C9H9ClN2O2S/c1-2-5-12-15(13,14)9-6-7(11)3-4-8(9)10/h1,3-4,6,12H,5,11H2. The van der Waals surface area contributed by atoms with Gasteiger partial charge in [-0.05, 0) is 18.2 Å². The zero-order valence-electron chi connectivity index (χ0n) is 7.70. The summed E-state index contributed by atoms with van der Waals surface area (Å²) >= 11 is 5.73. The van der Waals surface area contributed by atoms with Gasteiger partial charge in [0, 0.05) is 5.69 Å². The second kappa shape index (κ2) is 4.53. The van der Waals surface area contributed by atoms with Crippen LogP contribution in [0, 0.1) is 12.3 Å². The summed E-state index contributed by atoms with van der Waals surface area (Å²) < 4.78 is 25.4. The van der Waals surface area contributed by atoms with Crippen molar-refractivity contribution >= 4 is 27.3 Å². The van der Waals surface area contributed by atoms with Gasteiger partial charge in [0.1, 0.15) is 4.90 Å². The molecular formula is C9H9ClN2O2S. The van der Waals surface area contributed by atoms with E-state index in [-0.39, 0.29) is 16.5 Å². The van der Waals surface area contributed by atoms with Crippen LogP contribution in [0.25, 0.3) is 0 Å². The highest BCUT2D eigenvalue weighted by Gasteiger charge is 2.16. The molecule has 6 heteroatoms. The molecule has 0 radical (unpaired) electrons. The summed E-state index contributed by atoms with van der Waals surface area (Å²) in [5.74, 6) is 2.16. The van der Waals surface area contributed by atoms with Crippen molar-refractivity contribution in [3.63, 3.8) is 0 Å². The van der Waals surface area contributed by atoms with Gasteiger partial charge in [-0.1, -0.05) is 17.5 Å². The predicted molar refractivity (Wildman–Crippen MR) is 59.9 cm³/mol. The van der Waals surface area contributed by atoms with Crippen molar-refractivity contribution in [1.29, 1.82) is 0 Å². The number of hydrogen-bond acceptors (Lipinski definition) is 3. The molecule has 0 heterocycles. The molecule has 0 fully saturated rings. The number of anilines is 1. The molecule has 1 rings (SSSR count). The molecule has 0 saturated heterocycles. The molecule has 0 spiro atoms. The fourth-order valence-corrected chi connectivity index (χ4v) is 2.41. The minimum absolute atomic E-state index is 0.0700. The van der Waals surface area contributed by atoms with Crippen molar-refractivity contribution in [2.45, 2.75) is 4.90 Å². The van der Waals surface area contributed by atoms with E-state index in [1.807, 2.05) is 0 Å². The minimum atomic E-state index is -3.68. The first-order valence-electron chi connectivity index (χ1n) is 3.95. The summed E-state index contributed by atoms with van der Waals surface area (Å²) in [4.78, 5) is -0.0700. The smallest absolute Gasteiger partial charge is 0.242 e. The van der Waals surface area contributed by atoms with Crippen LogP contribution in [0.5, 0.6) is 0 Å². The van der Waals surface area contributed by atoms with E-state index in [2.05, 4.69) is 10.6 Å². The van der Waals surface area contributed by atoms with Crippen LogP contribution in [0.15, 0.2) is 23.1 Å². The van der Waals surface area contributed by atoms with E-state index < -0.39 is 10.0 Å². The van der Waals surface area contributed by atoms with Crippen molar-refractivity contribution in [3.8, 4) is 12.3 Å². The third-order valence-electron chi connectivity index (χ3n) is 1.61. The molecule has 0 amide bonds. The number of terminal acetylenes is 1. The number of nitrogen functional groups attached to an aromatic ring is 1. The minimum Gasteiger partial charge on any atom is -0.399 e. The van der Waals surface area contributed by atoms with Crippen molar-refractivity contribution in [2.75, 3.05) is 12.3 Å². The molecule has 3 N–H and O–H groups in total. The van der Waals surface area contributed by atoms with Crippen LogP contribution in [-0.4, -0.2) is 15.0 Å². The Morgan fingerprint density at radius 3 is 2.80 bits per heavy atom. The normalized spacial score (nSPS) is 10.9. The van der Waals surface area contributed by atoms with Gasteiger partial charge in [0.25, 0.3) is 0 Å². The first-order valence-corrected chi connectivity index (χ1v) is 5.81. The monoisotopic (exact) mass is 244 g/mol. The second-order valence-electron chi connectivity index (χ2n) is 2.72. The lowest BCUT2D eigenvalue weighted by Gasteiger charge is -2.06. The summed E-state index contributed by atoms with van der Waals surface area (Å²) in [7, 11) is -3.68. The molecule has 4 nitrogen and oxygen atoms in total. The van der Waals surface area contributed by atoms with E-state index in [0.29, 0.717) is 5.69 Å². The van der Waals surface area contributed by atoms with Crippen molar-refractivity contribution in [2.24, 2.45) is 0 Å². The zero-order valence-corrected chi connectivity index (χ0v) is 9.27. The van der Waals surface area contributed by atoms with Gasteiger partial charge in [-0.3, -0.25) is 0 Å². The van der Waals surface area contributed by atoms with Crippen LogP contribution in [0.3, 0.4) is 0 Å². The maximum Gasteiger partial charge on any atom is 0.242 e. The van der Waals surface area contributed by atoms with E-state index >= 15 is 0 Å². The van der Waals surface area contributed by atoms with Crippen LogP contribution in [-0.2, 0) is 10.0 Å². The third kappa shape index (κ3) is 2.86. The van der Waals surface area contributed by atoms with E-state index in [4.69, 9.17) is 23.8 Å². The van der Waals surface area contributed by atoms with Crippen molar-refractivity contribution in [3.05, 3.63) is 23.2 Å². The first kappa shape index (κ1) is 11.9. The van der Waals surface area contributed by atoms with Crippen LogP contribution in [0.2, 0.25) is 5.02 Å². The van der Waals surface area contributed by atoms with Crippen LogP contribution >= 0.6 is 11.6 Å². The highest BCUT2D eigenvalue weighted by atomic mass is 35.5. The van der Waals surface area contributed by atoms with Gasteiger partial charge in [0.2, 0.25) is 10.0 Å². The molecule has 0 aliphatic rings. The number of benzene rings is 1. The number of nitrogens with two attached hydrogens (primary N) is 1. The molecule has 1 aromatic carbocycles. The maximum absolute atomic E-state index is 11.6. The SMILES string of the molecule is C#CCNS(=O)(=O)c1cc(N)ccc1Cl. The van der Waals surface area contributed by atoms with Crippen molar-refractivity contribution in [1.82, 2.24) is 4.72 Å². The molecule has 0 atom stereocenters. The number of halogens is 1. The zero-order chi connectivity index (χ0) is 11.5. The molecule has 0 saturated carbocycles. The quantitative estimate of drug-likeness (QED) is 0.611. The Balaban J connectivity index is 3.16. The summed E-state index contributed by atoms with van der Waals surface area (Å²) in [5.41, 5.74) is 5.78. The summed E-state index contributed by atoms with van der Waals surface area (Å²) in [6, 6.07) is 4.21. The Kier molecular flexibility index (Phi) is 3.58. The Morgan fingerprint density at radius 2 is 2.20 bits per heavy atom. The summed E-state index contributed by atoms with van der Waals surface area (Å²) in [6.07, 6.45) is 4.95. The summed E-state index contributed by atoms with van der Waals surface area (Å²) in [6.45, 7) is -0.0898. The van der Waals surface area contributed by atoms with Gasteiger partial charge in [0.15, 0.2) is 0 Å². The molecule has 80 valence electrons. The van der Waals surface area contributed by atoms with E-state index in [1.54, 1.807) is 0 Å². The molecule has 1 aromatic rings. The third-order valence-corrected chi connectivity index (χ3v) is 3.49. The lowest BCUT2D eigenvalue weighted by atomic mass is 10.3. The van der Waals surface area contributed by atoms with Gasteiger partial charge in [0.05, 0.1) is 11.6 Å². The predicted octanol–water partition coefficient (Wildman–Crippen LogP) is 0.834. The van der Waals surface area contributed by atoms with E-state index in [0.717, 1.165) is 0 Å². The van der Waals surface area contributed by atoms with Crippen LogP contribution in [0.4, 0.5) is 5.69 Å². The number of sulfonamides is 1. The van der Waals surface area contributed by atoms with Crippen molar-refractivity contribution < 1.29 is 8.42 Å². The number of rotatable bonds is 3. The van der Waals surface area contributed by atoms with Gasteiger partial charge in [-0.15, -0.1) is 6.42 Å². The van der Waals surface area contributed by atoms with E-state index in [1.165, 1.54) is 18.2 Å². The molecule has 0 aromatic heterocycles. The Hall–Kier alpha value is -1.22. The Morgan fingerprint density at radius 1 is 1.53 bits per heavy atom. The number of nitrogens with one attached hydrogen (secondary N) is 1. The second-order valence-corrected chi connectivity index (χ2v) is 4.86. The van der Waals surface area contributed by atoms with Crippen LogP contribution < -0.4 is 10.5 Å². The van der Waals surface area contributed by atoms with Gasteiger partial charge < -0.3 is 5.73 Å². The fraction of sp³-hybridized carbons (Fsp3) is 0.111. The fourth-order valence-electron chi connectivity index (χ4n) is 0.940. The first-order chi connectivity index (χ1) is 6.97. The average Bonchev–Trinajstić information content (AvgIpc) is 2.18. The highest BCUT2D eigenvalue weighted by molar-refractivity contribution is 7.89. The largest absolute Gasteiger partial charge is 0.399 e. The van der Waals surface area contributed by atoms with Gasteiger partial charge in [-0.2, -0.15) is 4.72 Å². The number of hydrogen-bond donors (Lipinski definition) is 2. The molecule has 0 aliphatic heterocycles. The lowest BCUT2D eigenvalue weighted by molar-refractivity contribution is 0.586. The summed E-state index contributed by atoms with van der Waals surface area (Å²) in [5, 5.41) is 0.105. The lowest BCUT2D eigenvalue weighted by Crippen LogP contribution is -2.24. The Labute approximate surface area is 93.5 Å².